The molecule has 1 unspecified atom stereocenters. The Labute approximate surface area is 122 Å². The van der Waals surface area contributed by atoms with Gasteiger partial charge in [0.15, 0.2) is 5.82 Å². The molecule has 0 spiro atoms. The van der Waals surface area contributed by atoms with Crippen LogP contribution in [0.15, 0.2) is 43.0 Å². The molecule has 7 heteroatoms. The van der Waals surface area contributed by atoms with E-state index in [1.807, 2.05) is 38.2 Å². The molecular weight excluding hydrogens is 276 g/mol. The Hall–Kier alpha value is -2.21. The van der Waals surface area contributed by atoms with Crippen molar-refractivity contribution in [1.82, 2.24) is 24.7 Å². The second kappa shape index (κ2) is 6.81. The third kappa shape index (κ3) is 3.89. The molecule has 0 bridgehead atoms. The smallest absolute Gasteiger partial charge is 0.243 e. The summed E-state index contributed by atoms with van der Waals surface area (Å²) in [5.41, 5.74) is 0. The second-order valence-corrected chi connectivity index (χ2v) is 4.44. The largest absolute Gasteiger partial charge is 0.347 e. The van der Waals surface area contributed by atoms with Crippen molar-refractivity contribution >= 4 is 17.5 Å². The SMILES string of the molecule is C/C=C\C=C\C(C)Nc1ncn(-c2cc(Cl)ncn2)n1. The summed E-state index contributed by atoms with van der Waals surface area (Å²) in [5.74, 6) is 1.10. The zero-order valence-electron chi connectivity index (χ0n) is 11.2. The summed E-state index contributed by atoms with van der Waals surface area (Å²) in [6.07, 6.45) is 10.9. The summed E-state index contributed by atoms with van der Waals surface area (Å²) in [7, 11) is 0. The fourth-order valence-electron chi connectivity index (χ4n) is 1.48. The van der Waals surface area contributed by atoms with Gasteiger partial charge in [0.1, 0.15) is 17.8 Å². The molecule has 0 saturated heterocycles. The molecular formula is C13H15ClN6. The van der Waals surface area contributed by atoms with Crippen LogP contribution in [0.1, 0.15) is 13.8 Å². The van der Waals surface area contributed by atoms with E-state index in [1.165, 1.54) is 11.0 Å². The highest BCUT2D eigenvalue weighted by molar-refractivity contribution is 6.29. The molecule has 2 aromatic heterocycles. The van der Waals surface area contributed by atoms with Gasteiger partial charge in [-0.2, -0.15) is 0 Å². The molecule has 20 heavy (non-hydrogen) atoms. The maximum absolute atomic E-state index is 5.81. The molecule has 0 aliphatic heterocycles. The molecule has 2 aromatic rings. The van der Waals surface area contributed by atoms with Crippen LogP contribution in [0.2, 0.25) is 5.15 Å². The van der Waals surface area contributed by atoms with E-state index in [2.05, 4.69) is 25.4 Å². The average molecular weight is 291 g/mol. The third-order valence-corrected chi connectivity index (χ3v) is 2.61. The van der Waals surface area contributed by atoms with Crippen LogP contribution < -0.4 is 5.32 Å². The first-order chi connectivity index (χ1) is 9.69. The van der Waals surface area contributed by atoms with Gasteiger partial charge in [0.05, 0.1) is 0 Å². The lowest BCUT2D eigenvalue weighted by Crippen LogP contribution is -2.13. The number of rotatable bonds is 5. The number of aromatic nitrogens is 5. The quantitative estimate of drug-likeness (QED) is 0.677. The Morgan fingerprint density at radius 3 is 2.90 bits per heavy atom. The van der Waals surface area contributed by atoms with Crippen LogP contribution in [0.5, 0.6) is 0 Å². The minimum atomic E-state index is 0.121. The van der Waals surface area contributed by atoms with E-state index in [1.54, 1.807) is 12.4 Å². The molecule has 1 atom stereocenters. The molecule has 0 radical (unpaired) electrons. The predicted molar refractivity (Wildman–Crippen MR) is 79.0 cm³/mol. The van der Waals surface area contributed by atoms with Gasteiger partial charge in [-0.05, 0) is 13.8 Å². The molecule has 0 amide bonds. The maximum Gasteiger partial charge on any atom is 0.243 e. The predicted octanol–water partition coefficient (Wildman–Crippen LogP) is 2.64. The van der Waals surface area contributed by atoms with Crippen LogP contribution in [-0.4, -0.2) is 30.8 Å². The molecule has 2 rings (SSSR count). The minimum absolute atomic E-state index is 0.121. The van der Waals surface area contributed by atoms with Crippen molar-refractivity contribution in [3.63, 3.8) is 0 Å². The first-order valence-corrected chi connectivity index (χ1v) is 6.52. The Morgan fingerprint density at radius 2 is 2.15 bits per heavy atom. The molecule has 0 aliphatic carbocycles. The zero-order valence-corrected chi connectivity index (χ0v) is 12.0. The van der Waals surface area contributed by atoms with Gasteiger partial charge in [0.25, 0.3) is 0 Å². The van der Waals surface area contributed by atoms with Crippen LogP contribution in [0, 0.1) is 0 Å². The Bertz CT molecular complexity index is 619. The molecule has 2 heterocycles. The van der Waals surface area contributed by atoms with Crippen molar-refractivity contribution in [2.45, 2.75) is 19.9 Å². The zero-order chi connectivity index (χ0) is 14.4. The van der Waals surface area contributed by atoms with E-state index in [-0.39, 0.29) is 6.04 Å². The lowest BCUT2D eigenvalue weighted by molar-refractivity contribution is 0.832. The van der Waals surface area contributed by atoms with Crippen molar-refractivity contribution in [1.29, 1.82) is 0 Å². The maximum atomic E-state index is 5.81. The number of anilines is 1. The monoisotopic (exact) mass is 290 g/mol. The van der Waals surface area contributed by atoms with Gasteiger partial charge in [0.2, 0.25) is 5.95 Å². The normalized spacial score (nSPS) is 13.2. The van der Waals surface area contributed by atoms with Crippen LogP contribution in [-0.2, 0) is 0 Å². The number of allylic oxidation sites excluding steroid dienone is 3. The van der Waals surface area contributed by atoms with Crippen molar-refractivity contribution in [3.8, 4) is 5.82 Å². The number of nitrogens with zero attached hydrogens (tertiary/aromatic N) is 5. The highest BCUT2D eigenvalue weighted by Crippen LogP contribution is 2.09. The number of hydrogen-bond donors (Lipinski definition) is 1. The Kier molecular flexibility index (Phi) is 4.84. The van der Waals surface area contributed by atoms with Gasteiger partial charge in [-0.25, -0.2) is 19.6 Å². The topological polar surface area (TPSA) is 68.5 Å². The van der Waals surface area contributed by atoms with Gasteiger partial charge in [-0.1, -0.05) is 35.9 Å². The van der Waals surface area contributed by atoms with Gasteiger partial charge < -0.3 is 5.32 Å². The number of nitrogens with one attached hydrogen (secondary N) is 1. The summed E-state index contributed by atoms with van der Waals surface area (Å²) in [6.45, 7) is 3.99. The van der Waals surface area contributed by atoms with Crippen molar-refractivity contribution in [2.24, 2.45) is 0 Å². The molecule has 1 N–H and O–H groups in total. The van der Waals surface area contributed by atoms with Gasteiger partial charge in [0, 0.05) is 12.1 Å². The van der Waals surface area contributed by atoms with Gasteiger partial charge in [-0.3, -0.25) is 0 Å². The molecule has 0 aliphatic rings. The Morgan fingerprint density at radius 1 is 1.30 bits per heavy atom. The second-order valence-electron chi connectivity index (χ2n) is 4.06. The number of halogens is 1. The highest BCUT2D eigenvalue weighted by Gasteiger charge is 2.06. The van der Waals surface area contributed by atoms with Gasteiger partial charge >= 0.3 is 0 Å². The Balaban J connectivity index is 2.06. The standard InChI is InChI=1S/C13H15ClN6/c1-3-4-5-6-10(2)18-13-17-9-20(19-13)12-7-11(14)15-8-16-12/h3-10H,1-2H3,(H,18,19)/b4-3-,6-5+. The van der Waals surface area contributed by atoms with E-state index < -0.39 is 0 Å². The third-order valence-electron chi connectivity index (χ3n) is 2.41. The summed E-state index contributed by atoms with van der Waals surface area (Å²) in [6, 6.07) is 1.74. The lowest BCUT2D eigenvalue weighted by Gasteiger charge is -2.06. The summed E-state index contributed by atoms with van der Waals surface area (Å²) < 4.78 is 1.54. The first-order valence-electron chi connectivity index (χ1n) is 6.14. The van der Waals surface area contributed by atoms with Gasteiger partial charge in [-0.15, -0.1) is 5.10 Å². The van der Waals surface area contributed by atoms with Crippen molar-refractivity contribution < 1.29 is 0 Å². The molecule has 0 aromatic carbocycles. The van der Waals surface area contributed by atoms with E-state index >= 15 is 0 Å². The van der Waals surface area contributed by atoms with Crippen LogP contribution in [0.4, 0.5) is 5.95 Å². The van der Waals surface area contributed by atoms with E-state index in [4.69, 9.17) is 11.6 Å². The van der Waals surface area contributed by atoms with E-state index in [9.17, 15) is 0 Å². The average Bonchev–Trinajstić information content (AvgIpc) is 2.87. The number of hydrogen-bond acceptors (Lipinski definition) is 5. The van der Waals surface area contributed by atoms with Crippen LogP contribution in [0.25, 0.3) is 5.82 Å². The fraction of sp³-hybridized carbons (Fsp3) is 0.231. The summed E-state index contributed by atoms with van der Waals surface area (Å²) in [4.78, 5) is 12.1. The van der Waals surface area contributed by atoms with Crippen molar-refractivity contribution in [3.05, 3.63) is 48.2 Å². The summed E-state index contributed by atoms with van der Waals surface area (Å²) >= 11 is 5.81. The lowest BCUT2D eigenvalue weighted by atomic mass is 10.3. The molecule has 6 nitrogen and oxygen atoms in total. The molecule has 0 fully saturated rings. The molecule has 0 saturated carbocycles. The van der Waals surface area contributed by atoms with E-state index in [0.29, 0.717) is 16.9 Å². The fourth-order valence-corrected chi connectivity index (χ4v) is 1.62. The first kappa shape index (κ1) is 14.2. The van der Waals surface area contributed by atoms with E-state index in [0.717, 1.165) is 0 Å². The molecule has 104 valence electrons. The van der Waals surface area contributed by atoms with Crippen LogP contribution in [0.3, 0.4) is 0 Å². The van der Waals surface area contributed by atoms with Crippen LogP contribution >= 0.6 is 11.6 Å². The minimum Gasteiger partial charge on any atom is -0.347 e. The highest BCUT2D eigenvalue weighted by atomic mass is 35.5. The summed E-state index contributed by atoms with van der Waals surface area (Å²) in [5, 5.41) is 7.81. The van der Waals surface area contributed by atoms with Crippen molar-refractivity contribution in [2.75, 3.05) is 5.32 Å².